The quantitative estimate of drug-likeness (QED) is 0.774. The predicted molar refractivity (Wildman–Crippen MR) is 69.1 cm³/mol. The second-order valence-electron chi connectivity index (χ2n) is 4.38. The summed E-state index contributed by atoms with van der Waals surface area (Å²) in [5.41, 5.74) is 1.59. The molecule has 0 spiro atoms. The van der Waals surface area contributed by atoms with E-state index in [1.165, 1.54) is 0 Å². The number of carbonyl (C=O) groups is 1. The molecule has 1 aromatic heterocycles. The Hall–Kier alpha value is -1.42. The molecule has 0 saturated carbocycles. The van der Waals surface area contributed by atoms with Gasteiger partial charge in [0.05, 0.1) is 5.56 Å². The number of likely N-dealkylation sites (N-methyl/N-ethyl adjacent to an activating group) is 2. The third-order valence-corrected chi connectivity index (χ3v) is 2.64. The number of hydrogen-bond acceptors (Lipinski definition) is 3. The van der Waals surface area contributed by atoms with E-state index in [0.717, 1.165) is 25.3 Å². The average molecular weight is 235 g/mol. The SMILES string of the molecule is CCN(CCN(C)C)C(=O)c1ccc(C)nc1. The van der Waals surface area contributed by atoms with Crippen LogP contribution in [0.2, 0.25) is 0 Å². The predicted octanol–water partition coefficient (Wildman–Crippen LogP) is 1.41. The van der Waals surface area contributed by atoms with Gasteiger partial charge in [0, 0.05) is 31.5 Å². The number of rotatable bonds is 5. The van der Waals surface area contributed by atoms with Crippen molar-refractivity contribution < 1.29 is 4.79 Å². The molecule has 0 radical (unpaired) electrons. The second kappa shape index (κ2) is 6.35. The fourth-order valence-corrected chi connectivity index (χ4v) is 1.50. The molecule has 0 N–H and O–H groups in total. The summed E-state index contributed by atoms with van der Waals surface area (Å²) in [4.78, 5) is 20.2. The number of carbonyl (C=O) groups excluding carboxylic acids is 1. The lowest BCUT2D eigenvalue weighted by molar-refractivity contribution is 0.0754. The highest BCUT2D eigenvalue weighted by Gasteiger charge is 2.13. The molecule has 0 bridgehead atoms. The monoisotopic (exact) mass is 235 g/mol. The zero-order chi connectivity index (χ0) is 12.8. The highest BCUT2D eigenvalue weighted by Crippen LogP contribution is 2.04. The molecule has 1 aromatic rings. The van der Waals surface area contributed by atoms with Crippen LogP contribution >= 0.6 is 0 Å². The zero-order valence-corrected chi connectivity index (χ0v) is 11.1. The summed E-state index contributed by atoms with van der Waals surface area (Å²) in [6.07, 6.45) is 1.65. The van der Waals surface area contributed by atoms with E-state index >= 15 is 0 Å². The first kappa shape index (κ1) is 13.6. The molecule has 0 aliphatic carbocycles. The lowest BCUT2D eigenvalue weighted by Crippen LogP contribution is -2.36. The number of aromatic nitrogens is 1. The van der Waals surface area contributed by atoms with Crippen LogP contribution in [-0.4, -0.2) is 54.4 Å². The van der Waals surface area contributed by atoms with E-state index in [0.29, 0.717) is 5.56 Å². The van der Waals surface area contributed by atoms with Gasteiger partial charge in [-0.05, 0) is 40.1 Å². The second-order valence-corrected chi connectivity index (χ2v) is 4.38. The molecule has 1 rings (SSSR count). The van der Waals surface area contributed by atoms with Crippen LogP contribution < -0.4 is 0 Å². The van der Waals surface area contributed by atoms with E-state index in [1.54, 1.807) is 6.20 Å². The molecule has 0 fully saturated rings. The van der Waals surface area contributed by atoms with Gasteiger partial charge in [-0.3, -0.25) is 9.78 Å². The van der Waals surface area contributed by atoms with Gasteiger partial charge in [-0.15, -0.1) is 0 Å². The number of pyridine rings is 1. The van der Waals surface area contributed by atoms with Gasteiger partial charge in [-0.2, -0.15) is 0 Å². The Morgan fingerprint density at radius 1 is 1.29 bits per heavy atom. The molecular weight excluding hydrogens is 214 g/mol. The number of nitrogens with zero attached hydrogens (tertiary/aromatic N) is 3. The molecule has 1 heterocycles. The molecule has 4 heteroatoms. The molecule has 1 amide bonds. The van der Waals surface area contributed by atoms with Gasteiger partial charge < -0.3 is 9.80 Å². The molecule has 4 nitrogen and oxygen atoms in total. The van der Waals surface area contributed by atoms with Gasteiger partial charge in [0.25, 0.3) is 5.91 Å². The zero-order valence-electron chi connectivity index (χ0n) is 11.1. The normalized spacial score (nSPS) is 10.6. The van der Waals surface area contributed by atoms with Crippen molar-refractivity contribution >= 4 is 5.91 Å². The van der Waals surface area contributed by atoms with E-state index in [2.05, 4.69) is 9.88 Å². The van der Waals surface area contributed by atoms with Crippen molar-refractivity contribution in [1.82, 2.24) is 14.8 Å². The van der Waals surface area contributed by atoms with Gasteiger partial charge in [-0.1, -0.05) is 0 Å². The number of aryl methyl sites for hydroxylation is 1. The minimum absolute atomic E-state index is 0.0573. The van der Waals surface area contributed by atoms with Crippen LogP contribution in [0.3, 0.4) is 0 Å². The first-order chi connectivity index (χ1) is 8.04. The van der Waals surface area contributed by atoms with Gasteiger partial charge >= 0.3 is 0 Å². The van der Waals surface area contributed by atoms with Crippen LogP contribution in [-0.2, 0) is 0 Å². The van der Waals surface area contributed by atoms with Crippen LogP contribution in [0.4, 0.5) is 0 Å². The van der Waals surface area contributed by atoms with Crippen LogP contribution in [0.5, 0.6) is 0 Å². The summed E-state index contributed by atoms with van der Waals surface area (Å²) in [7, 11) is 4.01. The number of hydrogen-bond donors (Lipinski definition) is 0. The Morgan fingerprint density at radius 2 is 2.00 bits per heavy atom. The first-order valence-corrected chi connectivity index (χ1v) is 5.91. The average Bonchev–Trinajstić information content (AvgIpc) is 2.30. The molecule has 94 valence electrons. The summed E-state index contributed by atoms with van der Waals surface area (Å²) >= 11 is 0. The maximum absolute atomic E-state index is 12.2. The van der Waals surface area contributed by atoms with Crippen molar-refractivity contribution in [3.8, 4) is 0 Å². The van der Waals surface area contributed by atoms with E-state index < -0.39 is 0 Å². The Labute approximate surface area is 103 Å². The molecule has 0 aliphatic heterocycles. The molecule has 0 atom stereocenters. The van der Waals surface area contributed by atoms with E-state index in [-0.39, 0.29) is 5.91 Å². The molecule has 17 heavy (non-hydrogen) atoms. The van der Waals surface area contributed by atoms with Crippen LogP contribution in [0.25, 0.3) is 0 Å². The standard InChI is InChI=1S/C13H21N3O/c1-5-16(9-8-15(3)4)13(17)12-7-6-11(2)14-10-12/h6-7,10H,5,8-9H2,1-4H3. The van der Waals surface area contributed by atoms with Crippen LogP contribution in [0.15, 0.2) is 18.3 Å². The topological polar surface area (TPSA) is 36.4 Å². The van der Waals surface area contributed by atoms with Crippen molar-refractivity contribution in [2.24, 2.45) is 0 Å². The summed E-state index contributed by atoms with van der Waals surface area (Å²) in [6, 6.07) is 3.70. The van der Waals surface area contributed by atoms with Gasteiger partial charge in [0.1, 0.15) is 0 Å². The van der Waals surface area contributed by atoms with Crippen LogP contribution in [0, 0.1) is 6.92 Å². The molecule has 0 unspecified atom stereocenters. The Bertz CT molecular complexity index is 359. The fourth-order valence-electron chi connectivity index (χ4n) is 1.50. The first-order valence-electron chi connectivity index (χ1n) is 5.91. The van der Waals surface area contributed by atoms with Gasteiger partial charge in [-0.25, -0.2) is 0 Å². The minimum atomic E-state index is 0.0573. The summed E-state index contributed by atoms with van der Waals surface area (Å²) in [6.45, 7) is 6.25. The van der Waals surface area contributed by atoms with Crippen molar-refractivity contribution in [2.75, 3.05) is 33.7 Å². The van der Waals surface area contributed by atoms with Gasteiger partial charge in [0.15, 0.2) is 0 Å². The van der Waals surface area contributed by atoms with Crippen molar-refractivity contribution in [3.05, 3.63) is 29.6 Å². The summed E-state index contributed by atoms with van der Waals surface area (Å²) < 4.78 is 0. The molecule has 0 aliphatic rings. The largest absolute Gasteiger partial charge is 0.338 e. The highest BCUT2D eigenvalue weighted by molar-refractivity contribution is 5.93. The van der Waals surface area contributed by atoms with Gasteiger partial charge in [0.2, 0.25) is 0 Å². The lowest BCUT2D eigenvalue weighted by Gasteiger charge is -2.22. The smallest absolute Gasteiger partial charge is 0.255 e. The lowest BCUT2D eigenvalue weighted by atomic mass is 10.2. The summed E-state index contributed by atoms with van der Waals surface area (Å²) in [5, 5.41) is 0. The highest BCUT2D eigenvalue weighted by atomic mass is 16.2. The van der Waals surface area contributed by atoms with E-state index in [1.807, 2.05) is 45.0 Å². The Balaban J connectivity index is 2.68. The maximum atomic E-state index is 12.2. The van der Waals surface area contributed by atoms with Crippen molar-refractivity contribution in [2.45, 2.75) is 13.8 Å². The third kappa shape index (κ3) is 4.15. The molecule has 0 saturated heterocycles. The molecule has 0 aromatic carbocycles. The Kier molecular flexibility index (Phi) is 5.10. The van der Waals surface area contributed by atoms with E-state index in [4.69, 9.17) is 0 Å². The molecular formula is C13H21N3O. The Morgan fingerprint density at radius 3 is 2.47 bits per heavy atom. The minimum Gasteiger partial charge on any atom is -0.338 e. The summed E-state index contributed by atoms with van der Waals surface area (Å²) in [5.74, 6) is 0.0573. The maximum Gasteiger partial charge on any atom is 0.255 e. The third-order valence-electron chi connectivity index (χ3n) is 2.64. The number of amides is 1. The van der Waals surface area contributed by atoms with E-state index in [9.17, 15) is 4.79 Å². The van der Waals surface area contributed by atoms with Crippen molar-refractivity contribution in [1.29, 1.82) is 0 Å². The van der Waals surface area contributed by atoms with Crippen molar-refractivity contribution in [3.63, 3.8) is 0 Å². The van der Waals surface area contributed by atoms with Crippen LogP contribution in [0.1, 0.15) is 23.0 Å². The fraction of sp³-hybridized carbons (Fsp3) is 0.538.